The molecule has 0 saturated carbocycles. The van der Waals surface area contributed by atoms with Crippen LogP contribution >= 0.6 is 0 Å². The Morgan fingerprint density at radius 2 is 1.41 bits per heavy atom. The zero-order valence-electron chi connectivity index (χ0n) is 11.7. The van der Waals surface area contributed by atoms with Crippen LogP contribution in [0.4, 0.5) is 0 Å². The van der Waals surface area contributed by atoms with Crippen LogP contribution in [0, 0.1) is 0 Å². The number of rotatable bonds is 8. The third-order valence-electron chi connectivity index (χ3n) is 1.52. The summed E-state index contributed by atoms with van der Waals surface area (Å²) in [6.45, 7) is 1.16. The second-order valence-electron chi connectivity index (χ2n) is 3.48. The molecule has 0 aliphatic rings. The molecule has 0 spiro atoms. The molecule has 0 fully saturated rings. The van der Waals surface area contributed by atoms with E-state index in [1.54, 1.807) is 10.6 Å². The molecular formula is C9H16N4O8Y-2. The molecule has 0 aromatic heterocycles. The van der Waals surface area contributed by atoms with E-state index in [0.717, 1.165) is 19.7 Å². The summed E-state index contributed by atoms with van der Waals surface area (Å²) in [5, 5.41) is 40.8. The van der Waals surface area contributed by atoms with E-state index in [0.29, 0.717) is 0 Å². The fourth-order valence-electron chi connectivity index (χ4n) is 0.701. The maximum Gasteiger partial charge on any atom is 0.306 e. The van der Waals surface area contributed by atoms with Crippen molar-refractivity contribution in [3.63, 3.8) is 0 Å². The minimum atomic E-state index is -2.87. The predicted molar refractivity (Wildman–Crippen MR) is 64.5 cm³/mol. The van der Waals surface area contributed by atoms with E-state index >= 15 is 0 Å². The van der Waals surface area contributed by atoms with Crippen LogP contribution < -0.4 is 21.3 Å². The fourth-order valence-corrected chi connectivity index (χ4v) is 0.701. The van der Waals surface area contributed by atoms with Crippen LogP contribution in [-0.2, 0) is 51.9 Å². The summed E-state index contributed by atoms with van der Waals surface area (Å²) in [6, 6.07) is -5.20. The molecule has 0 aliphatic carbocycles. The fraction of sp³-hybridized carbons (Fsp3) is 0.556. The monoisotopic (exact) mass is 397 g/mol. The molecule has 0 aromatic rings. The molecule has 0 unspecified atom stereocenters. The SMILES string of the molecule is CC(=O)CC(=O)NC(O)(O)N[C-]=O.CNC(O)(O)N[C-]=O.[Y]. The van der Waals surface area contributed by atoms with E-state index in [9.17, 15) is 19.2 Å². The van der Waals surface area contributed by atoms with Gasteiger partial charge in [0.2, 0.25) is 5.91 Å². The molecule has 125 valence electrons. The van der Waals surface area contributed by atoms with Crippen molar-refractivity contribution < 1.29 is 72.3 Å². The average Bonchev–Trinajstić information content (AvgIpc) is 2.27. The van der Waals surface area contributed by atoms with Crippen LogP contribution in [0.1, 0.15) is 13.3 Å². The van der Waals surface area contributed by atoms with Crippen LogP contribution in [0.15, 0.2) is 0 Å². The van der Waals surface area contributed by atoms with Crippen LogP contribution in [0.5, 0.6) is 0 Å². The number of nitrogens with one attached hydrogen (secondary N) is 4. The van der Waals surface area contributed by atoms with E-state index < -0.39 is 30.2 Å². The number of ketones is 1. The van der Waals surface area contributed by atoms with E-state index in [4.69, 9.17) is 20.4 Å². The molecule has 1 radical (unpaired) electrons. The molecule has 3 amide bonds. The number of carbonyl (C=O) groups excluding carboxylic acids is 4. The third-order valence-corrected chi connectivity index (χ3v) is 1.52. The van der Waals surface area contributed by atoms with Gasteiger partial charge < -0.3 is 40.6 Å². The maximum atomic E-state index is 10.7. The first-order valence-electron chi connectivity index (χ1n) is 5.17. The molecular weight excluding hydrogens is 381 g/mol. The Morgan fingerprint density at radius 1 is 1.00 bits per heavy atom. The predicted octanol–water partition coefficient (Wildman–Crippen LogP) is -5.21. The molecule has 0 bridgehead atoms. The van der Waals surface area contributed by atoms with Crippen molar-refractivity contribution in [1.82, 2.24) is 21.3 Å². The summed E-state index contributed by atoms with van der Waals surface area (Å²) in [5.41, 5.74) is 0. The molecule has 0 heterocycles. The van der Waals surface area contributed by atoms with Gasteiger partial charge >= 0.3 is 6.03 Å². The van der Waals surface area contributed by atoms with Gasteiger partial charge in [-0.25, -0.2) is 0 Å². The Bertz CT molecular complexity index is 377. The standard InChI is InChI=1S/C6H9N2O5.C3H7N2O3.Y/c1-4(10)2-5(11)8-6(12,13)7-3-9;1-4-3(7,8)5-2-6;/h12-13H,2H2,1H3,(H,7,9)(H,8,11);4,7-8H,1H3,(H,5,6);/q2*-1;. The Hall–Kier alpha value is -1.02. The van der Waals surface area contributed by atoms with Crippen LogP contribution in [-0.4, -0.2) is 64.1 Å². The third kappa shape index (κ3) is 17.0. The number of hydrogen-bond donors (Lipinski definition) is 8. The van der Waals surface area contributed by atoms with Crippen molar-refractivity contribution in [3.05, 3.63) is 0 Å². The first-order valence-corrected chi connectivity index (χ1v) is 5.17. The van der Waals surface area contributed by atoms with E-state index in [1.165, 1.54) is 12.4 Å². The maximum absolute atomic E-state index is 10.7. The van der Waals surface area contributed by atoms with Crippen LogP contribution in [0.3, 0.4) is 0 Å². The molecule has 0 atom stereocenters. The zero-order chi connectivity index (χ0) is 17.1. The molecule has 0 rings (SSSR count). The van der Waals surface area contributed by atoms with Crippen molar-refractivity contribution in [1.29, 1.82) is 0 Å². The van der Waals surface area contributed by atoms with E-state index in [-0.39, 0.29) is 32.7 Å². The molecule has 12 nitrogen and oxygen atoms in total. The average molecular weight is 397 g/mol. The molecule has 13 heteroatoms. The number of carbonyl (C=O) groups is 2. The molecule has 0 aromatic carbocycles. The van der Waals surface area contributed by atoms with E-state index in [2.05, 4.69) is 0 Å². The van der Waals surface area contributed by atoms with Gasteiger partial charge in [-0.3, -0.25) is 20.2 Å². The van der Waals surface area contributed by atoms with Crippen molar-refractivity contribution in [2.45, 2.75) is 25.4 Å². The van der Waals surface area contributed by atoms with Gasteiger partial charge in [-0.2, -0.15) is 12.8 Å². The number of aliphatic hydroxyl groups is 4. The molecule has 0 aliphatic heterocycles. The quantitative estimate of drug-likeness (QED) is 0.0854. The number of hydrogen-bond acceptors (Lipinski definition) is 9. The summed E-state index contributed by atoms with van der Waals surface area (Å²) in [7, 11) is 1.27. The van der Waals surface area contributed by atoms with Gasteiger partial charge in [0.1, 0.15) is 5.78 Å². The first kappa shape index (κ1) is 25.9. The van der Waals surface area contributed by atoms with Crippen LogP contribution in [0.25, 0.3) is 0 Å². The molecule has 8 N–H and O–H groups in total. The Labute approximate surface area is 150 Å². The first-order chi connectivity index (χ1) is 9.49. The number of Topliss-reactive ketones (excluding diaryl/α,β-unsaturated/α-hetero) is 1. The summed E-state index contributed by atoms with van der Waals surface area (Å²) >= 11 is 0. The van der Waals surface area contributed by atoms with Gasteiger partial charge in [0, 0.05) is 32.7 Å². The van der Waals surface area contributed by atoms with Crippen molar-refractivity contribution in [2.24, 2.45) is 0 Å². The molecule has 0 saturated heterocycles. The van der Waals surface area contributed by atoms with Gasteiger partial charge in [-0.1, -0.05) is 0 Å². The molecule has 22 heavy (non-hydrogen) atoms. The van der Waals surface area contributed by atoms with Crippen molar-refractivity contribution in [3.8, 4) is 0 Å². The van der Waals surface area contributed by atoms with Gasteiger partial charge in [0.25, 0.3) is 6.03 Å². The van der Waals surface area contributed by atoms with Crippen molar-refractivity contribution in [2.75, 3.05) is 7.05 Å². The summed E-state index contributed by atoms with van der Waals surface area (Å²) < 4.78 is 0. The minimum absolute atomic E-state index is 0. The van der Waals surface area contributed by atoms with Crippen LogP contribution in [0.2, 0.25) is 0 Å². The van der Waals surface area contributed by atoms with Gasteiger partial charge in [-0.15, -0.1) is 0 Å². The zero-order valence-corrected chi connectivity index (χ0v) is 14.5. The topological polar surface area (TPSA) is 197 Å². The minimum Gasteiger partial charge on any atom is -0.520 e. The van der Waals surface area contributed by atoms with E-state index in [1.807, 2.05) is 5.32 Å². The smallest absolute Gasteiger partial charge is 0.306 e. The Morgan fingerprint density at radius 3 is 1.68 bits per heavy atom. The van der Waals surface area contributed by atoms with Crippen molar-refractivity contribution >= 4 is 24.5 Å². The van der Waals surface area contributed by atoms with Gasteiger partial charge in [0.05, 0.1) is 6.42 Å². The number of amides is 3. The summed E-state index contributed by atoms with van der Waals surface area (Å²) in [5.74, 6) is -1.36. The summed E-state index contributed by atoms with van der Waals surface area (Å²) in [6.07, 6.45) is 1.57. The largest absolute Gasteiger partial charge is 0.520 e. The summed E-state index contributed by atoms with van der Waals surface area (Å²) in [4.78, 5) is 40.1. The Kier molecular flexibility index (Phi) is 14.7. The second kappa shape index (κ2) is 12.5. The second-order valence-corrected chi connectivity index (χ2v) is 3.48. The van der Waals surface area contributed by atoms with Gasteiger partial charge in [0.15, 0.2) is 0 Å². The Balaban J connectivity index is -0.000000348. The van der Waals surface area contributed by atoms with Gasteiger partial charge in [-0.05, 0) is 14.0 Å². The normalized spacial score (nSPS) is 10.1.